The van der Waals surface area contributed by atoms with E-state index in [1.54, 1.807) is 24.2 Å². The lowest BCUT2D eigenvalue weighted by molar-refractivity contribution is -0.137. The van der Waals surface area contributed by atoms with E-state index in [-0.39, 0.29) is 30.7 Å². The van der Waals surface area contributed by atoms with Crippen LogP contribution in [0.4, 0.5) is 5.69 Å². The molecule has 4 rings (SSSR count). The number of carbonyl (C=O) groups excluding carboxylic acids is 4. The number of piperidine rings is 1. The first-order valence-electron chi connectivity index (χ1n) is 10.1. The van der Waals surface area contributed by atoms with Gasteiger partial charge in [0.2, 0.25) is 17.7 Å². The number of fused-ring (bicyclic) bond motifs is 1. The summed E-state index contributed by atoms with van der Waals surface area (Å²) in [4.78, 5) is 52.0. The molecule has 3 heterocycles. The maximum atomic E-state index is 12.9. The molecule has 0 spiro atoms. The van der Waals surface area contributed by atoms with Gasteiger partial charge in [-0.25, -0.2) is 0 Å². The van der Waals surface area contributed by atoms with Crippen LogP contribution in [0.25, 0.3) is 0 Å². The van der Waals surface area contributed by atoms with Gasteiger partial charge in [-0.05, 0) is 31.0 Å². The Balaban J connectivity index is 1.37. The van der Waals surface area contributed by atoms with Gasteiger partial charge in [-0.2, -0.15) is 5.10 Å². The lowest BCUT2D eigenvalue weighted by Gasteiger charge is -2.29. The van der Waals surface area contributed by atoms with Gasteiger partial charge in [-0.15, -0.1) is 0 Å². The van der Waals surface area contributed by atoms with Gasteiger partial charge in [0.1, 0.15) is 6.04 Å². The quantitative estimate of drug-likeness (QED) is 0.581. The molecule has 0 bridgehead atoms. The highest BCUT2D eigenvalue weighted by Gasteiger charge is 2.39. The topological polar surface area (TPSA) is 128 Å². The molecule has 3 N–H and O–H groups in total. The van der Waals surface area contributed by atoms with Crippen molar-refractivity contribution in [1.82, 2.24) is 25.3 Å². The third-order valence-corrected chi connectivity index (χ3v) is 5.74. The highest BCUT2D eigenvalue weighted by atomic mass is 16.2. The minimum Gasteiger partial charge on any atom is -0.376 e. The molecule has 0 radical (unpaired) electrons. The van der Waals surface area contributed by atoms with Crippen LogP contribution in [0.5, 0.6) is 0 Å². The fourth-order valence-electron chi connectivity index (χ4n) is 3.86. The fraction of sp³-hybridized carbons (Fsp3) is 0.381. The van der Waals surface area contributed by atoms with Gasteiger partial charge in [-0.3, -0.25) is 29.6 Å². The molecule has 1 saturated heterocycles. The van der Waals surface area contributed by atoms with E-state index in [0.29, 0.717) is 30.8 Å². The number of benzene rings is 1. The molecule has 2 aliphatic heterocycles. The molecule has 2 aromatic rings. The molecule has 1 aromatic carbocycles. The largest absolute Gasteiger partial charge is 0.376 e. The van der Waals surface area contributed by atoms with E-state index < -0.39 is 11.9 Å². The number of hydrogen-bond donors (Lipinski definition) is 3. The smallest absolute Gasteiger partial charge is 0.255 e. The van der Waals surface area contributed by atoms with Crippen molar-refractivity contribution >= 4 is 29.3 Å². The van der Waals surface area contributed by atoms with E-state index in [0.717, 1.165) is 16.8 Å². The summed E-state index contributed by atoms with van der Waals surface area (Å²) < 4.78 is 0. The number of likely N-dealkylation sites (N-methyl/N-ethyl adjacent to an activating group) is 1. The zero-order valence-corrected chi connectivity index (χ0v) is 17.4. The van der Waals surface area contributed by atoms with E-state index >= 15 is 0 Å². The van der Waals surface area contributed by atoms with Gasteiger partial charge in [0.15, 0.2) is 0 Å². The summed E-state index contributed by atoms with van der Waals surface area (Å²) in [6, 6.07) is 4.70. The van der Waals surface area contributed by atoms with Gasteiger partial charge in [0.05, 0.1) is 12.2 Å². The predicted molar refractivity (Wildman–Crippen MR) is 111 cm³/mol. The Morgan fingerprint density at radius 1 is 1.32 bits per heavy atom. The van der Waals surface area contributed by atoms with Crippen LogP contribution >= 0.6 is 0 Å². The molecule has 1 aromatic heterocycles. The SMILES string of the molecule is Cc1n[nH]cc1CN(C)C(=O)CNc1ccc2c(c1)C(=O)N(C1CCC(=O)NC1=O)C2. The number of aryl methyl sites for hydroxylation is 1. The standard InChI is InChI=1S/C21H24N6O4/c1-12-14(8-23-25-12)10-26(2)19(29)9-22-15-4-3-13-11-27(21(31)16(13)7-15)17-5-6-18(28)24-20(17)30/h3-4,7-8,17,22H,5-6,9-11H2,1-2H3,(H,23,25)(H,24,28,30). The van der Waals surface area contributed by atoms with Crippen molar-refractivity contribution in [3.05, 3.63) is 46.8 Å². The monoisotopic (exact) mass is 424 g/mol. The van der Waals surface area contributed by atoms with Crippen LogP contribution in [-0.2, 0) is 27.5 Å². The third kappa shape index (κ3) is 4.14. The van der Waals surface area contributed by atoms with Crippen molar-refractivity contribution in [3.63, 3.8) is 0 Å². The third-order valence-electron chi connectivity index (χ3n) is 5.74. The number of rotatable bonds is 6. The molecule has 0 aliphatic carbocycles. The number of hydrogen-bond acceptors (Lipinski definition) is 6. The summed E-state index contributed by atoms with van der Waals surface area (Å²) in [5.74, 6) is -1.09. The maximum absolute atomic E-state index is 12.9. The Morgan fingerprint density at radius 2 is 2.13 bits per heavy atom. The molecule has 10 heteroatoms. The molecule has 0 saturated carbocycles. The predicted octanol–water partition coefficient (Wildman–Crippen LogP) is 0.550. The maximum Gasteiger partial charge on any atom is 0.255 e. The minimum absolute atomic E-state index is 0.0806. The Labute approximate surface area is 179 Å². The number of carbonyl (C=O) groups is 4. The van der Waals surface area contributed by atoms with Crippen LogP contribution in [-0.4, -0.2) is 63.3 Å². The molecular formula is C21H24N6O4. The van der Waals surface area contributed by atoms with Crippen LogP contribution in [0, 0.1) is 6.92 Å². The minimum atomic E-state index is -0.643. The number of aromatic amines is 1. The van der Waals surface area contributed by atoms with Crippen molar-refractivity contribution in [2.45, 2.75) is 38.9 Å². The van der Waals surface area contributed by atoms with Gasteiger partial charge >= 0.3 is 0 Å². The Hall–Kier alpha value is -3.69. The van der Waals surface area contributed by atoms with Gasteiger partial charge < -0.3 is 15.1 Å². The zero-order chi connectivity index (χ0) is 22.1. The molecule has 2 aliphatic rings. The van der Waals surface area contributed by atoms with E-state index in [9.17, 15) is 19.2 Å². The second kappa shape index (κ2) is 8.21. The van der Waals surface area contributed by atoms with E-state index in [2.05, 4.69) is 20.8 Å². The zero-order valence-electron chi connectivity index (χ0n) is 17.4. The summed E-state index contributed by atoms with van der Waals surface area (Å²) in [6.45, 7) is 2.73. The number of amides is 4. The summed E-state index contributed by atoms with van der Waals surface area (Å²) >= 11 is 0. The van der Waals surface area contributed by atoms with Crippen molar-refractivity contribution in [1.29, 1.82) is 0 Å². The molecular weight excluding hydrogens is 400 g/mol. The number of nitrogens with one attached hydrogen (secondary N) is 3. The van der Waals surface area contributed by atoms with Gasteiger partial charge in [0, 0.05) is 49.6 Å². The average molecular weight is 424 g/mol. The molecule has 1 fully saturated rings. The Morgan fingerprint density at radius 3 is 2.84 bits per heavy atom. The number of aromatic nitrogens is 2. The lowest BCUT2D eigenvalue weighted by Crippen LogP contribution is -2.52. The van der Waals surface area contributed by atoms with E-state index in [1.165, 1.54) is 4.90 Å². The van der Waals surface area contributed by atoms with Crippen molar-refractivity contribution < 1.29 is 19.2 Å². The second-order valence-corrected chi connectivity index (χ2v) is 7.87. The van der Waals surface area contributed by atoms with Crippen molar-refractivity contribution in [3.8, 4) is 0 Å². The van der Waals surface area contributed by atoms with Crippen LogP contribution < -0.4 is 10.6 Å². The number of imide groups is 1. The van der Waals surface area contributed by atoms with Crippen molar-refractivity contribution in [2.24, 2.45) is 0 Å². The first kappa shape index (κ1) is 20.6. The highest BCUT2D eigenvalue weighted by molar-refractivity contribution is 6.05. The fourth-order valence-corrected chi connectivity index (χ4v) is 3.86. The van der Waals surface area contributed by atoms with E-state index in [4.69, 9.17) is 0 Å². The molecule has 10 nitrogen and oxygen atoms in total. The molecule has 1 atom stereocenters. The molecule has 162 valence electrons. The van der Waals surface area contributed by atoms with Crippen molar-refractivity contribution in [2.75, 3.05) is 18.9 Å². The summed E-state index contributed by atoms with van der Waals surface area (Å²) in [6.07, 6.45) is 2.32. The van der Waals surface area contributed by atoms with Crippen LogP contribution in [0.3, 0.4) is 0 Å². The molecule has 4 amide bonds. The number of nitrogens with zero attached hydrogens (tertiary/aromatic N) is 3. The summed E-state index contributed by atoms with van der Waals surface area (Å²) in [5, 5.41) is 12.2. The van der Waals surface area contributed by atoms with Crippen LogP contribution in [0.15, 0.2) is 24.4 Å². The number of anilines is 1. The van der Waals surface area contributed by atoms with Crippen LogP contribution in [0.2, 0.25) is 0 Å². The highest BCUT2D eigenvalue weighted by Crippen LogP contribution is 2.29. The van der Waals surface area contributed by atoms with Gasteiger partial charge in [-0.1, -0.05) is 6.07 Å². The van der Waals surface area contributed by atoms with Crippen LogP contribution in [0.1, 0.15) is 40.0 Å². The molecule has 1 unspecified atom stereocenters. The first-order chi connectivity index (χ1) is 14.8. The Kier molecular flexibility index (Phi) is 5.45. The number of H-pyrrole nitrogens is 1. The normalized spacial score (nSPS) is 18.1. The molecule has 31 heavy (non-hydrogen) atoms. The Bertz CT molecular complexity index is 1060. The second-order valence-electron chi connectivity index (χ2n) is 7.87. The van der Waals surface area contributed by atoms with Gasteiger partial charge in [0.25, 0.3) is 5.91 Å². The summed E-state index contributed by atoms with van der Waals surface area (Å²) in [7, 11) is 1.72. The summed E-state index contributed by atoms with van der Waals surface area (Å²) in [5.41, 5.74) is 3.78. The van der Waals surface area contributed by atoms with E-state index in [1.807, 2.05) is 19.1 Å². The first-order valence-corrected chi connectivity index (χ1v) is 10.1. The average Bonchev–Trinajstić information content (AvgIpc) is 3.29. The lowest BCUT2D eigenvalue weighted by atomic mass is 10.0.